The first-order valence-electron chi connectivity index (χ1n) is 10.4. The van der Waals surface area contributed by atoms with Crippen LogP contribution >= 0.6 is 0 Å². The van der Waals surface area contributed by atoms with Crippen molar-refractivity contribution in [1.82, 2.24) is 4.90 Å². The highest BCUT2D eigenvalue weighted by molar-refractivity contribution is 5.91. The van der Waals surface area contributed by atoms with Crippen molar-refractivity contribution in [3.8, 4) is 5.75 Å². The number of carbonyl (C=O) groups is 2. The number of hydrogen-bond donors (Lipinski definition) is 1. The Morgan fingerprint density at radius 3 is 2.60 bits per heavy atom. The second-order valence-corrected chi connectivity index (χ2v) is 7.76. The highest BCUT2D eigenvalue weighted by Gasteiger charge is 2.45. The summed E-state index contributed by atoms with van der Waals surface area (Å²) in [5.41, 5.74) is 2.10. The van der Waals surface area contributed by atoms with Crippen molar-refractivity contribution in [3.63, 3.8) is 0 Å². The number of amides is 2. The number of aryl methyl sites for hydroxylation is 1. The highest BCUT2D eigenvalue weighted by atomic mass is 16.5. The van der Waals surface area contributed by atoms with Gasteiger partial charge in [-0.25, -0.2) is 4.79 Å². The number of hydrogen-bond acceptors (Lipinski definition) is 4. The fourth-order valence-corrected chi connectivity index (χ4v) is 4.09. The largest absolute Gasteiger partial charge is 0.495 e. The van der Waals surface area contributed by atoms with Gasteiger partial charge in [-0.1, -0.05) is 36.4 Å². The Morgan fingerprint density at radius 2 is 1.87 bits per heavy atom. The molecule has 1 aliphatic rings. The summed E-state index contributed by atoms with van der Waals surface area (Å²) >= 11 is 0. The van der Waals surface area contributed by atoms with Crippen LogP contribution in [0.1, 0.15) is 30.9 Å². The van der Waals surface area contributed by atoms with Gasteiger partial charge in [0.2, 0.25) is 0 Å². The average molecular weight is 411 g/mol. The maximum atomic E-state index is 13.1. The third-order valence-electron chi connectivity index (χ3n) is 5.71. The Balaban J connectivity index is 1.83. The average Bonchev–Trinajstić information content (AvgIpc) is 2.76. The molecule has 1 fully saturated rings. The number of para-hydroxylation sites is 2. The van der Waals surface area contributed by atoms with Crippen LogP contribution in [0.4, 0.5) is 10.5 Å². The molecule has 1 heterocycles. The molecule has 30 heavy (non-hydrogen) atoms. The zero-order valence-electron chi connectivity index (χ0n) is 17.9. The number of methoxy groups -OCH3 is 1. The Labute approximate surface area is 178 Å². The number of nitrogens with zero attached hydrogens (tertiary/aromatic N) is 1. The van der Waals surface area contributed by atoms with Gasteiger partial charge in [-0.2, -0.15) is 0 Å². The van der Waals surface area contributed by atoms with Gasteiger partial charge in [0.15, 0.2) is 0 Å². The van der Waals surface area contributed by atoms with Gasteiger partial charge in [-0.15, -0.1) is 0 Å². The highest BCUT2D eigenvalue weighted by Crippen LogP contribution is 2.36. The van der Waals surface area contributed by atoms with Gasteiger partial charge >= 0.3 is 12.0 Å². The van der Waals surface area contributed by atoms with Crippen LogP contribution in [0.3, 0.4) is 0 Å². The van der Waals surface area contributed by atoms with E-state index in [1.54, 1.807) is 24.1 Å². The number of carbonyl (C=O) groups excluding carboxylic acids is 2. The lowest BCUT2D eigenvalue weighted by molar-refractivity contribution is -0.158. The van der Waals surface area contributed by atoms with Crippen LogP contribution in [-0.4, -0.2) is 43.7 Å². The van der Waals surface area contributed by atoms with E-state index in [2.05, 4.69) is 5.32 Å². The lowest BCUT2D eigenvalue weighted by atomic mass is 9.74. The smallest absolute Gasteiger partial charge is 0.321 e. The first-order chi connectivity index (χ1) is 14.5. The standard InChI is InChI=1S/C24H30N2O4/c1-4-30-22(27)24(16-19-11-6-5-10-18(19)2)14-9-15-26(17-24)23(28)25-20-12-7-8-13-21(20)29-3/h5-8,10-13H,4,9,14-17H2,1-3H3,(H,25,28)/t24-/m0/s1. The molecule has 2 aromatic rings. The van der Waals surface area contributed by atoms with Crippen molar-refractivity contribution >= 4 is 17.7 Å². The molecule has 2 aromatic carbocycles. The molecule has 1 saturated heterocycles. The quantitative estimate of drug-likeness (QED) is 0.716. The molecule has 1 N–H and O–H groups in total. The summed E-state index contributed by atoms with van der Waals surface area (Å²) < 4.78 is 10.8. The molecule has 0 spiro atoms. The van der Waals surface area contributed by atoms with Crippen LogP contribution < -0.4 is 10.1 Å². The van der Waals surface area contributed by atoms with E-state index in [9.17, 15) is 9.59 Å². The van der Waals surface area contributed by atoms with Crippen molar-refractivity contribution in [2.24, 2.45) is 5.41 Å². The van der Waals surface area contributed by atoms with Crippen molar-refractivity contribution in [2.45, 2.75) is 33.1 Å². The number of piperidine rings is 1. The maximum absolute atomic E-state index is 13.1. The second kappa shape index (κ2) is 9.65. The van der Waals surface area contributed by atoms with Crippen LogP contribution in [0, 0.1) is 12.3 Å². The number of likely N-dealkylation sites (tertiary alicyclic amines) is 1. The van der Waals surface area contributed by atoms with Gasteiger partial charge in [0.1, 0.15) is 5.75 Å². The molecule has 1 atom stereocenters. The van der Waals surface area contributed by atoms with Gasteiger partial charge in [0, 0.05) is 13.1 Å². The molecule has 6 heteroatoms. The van der Waals surface area contributed by atoms with E-state index in [0.29, 0.717) is 44.0 Å². The summed E-state index contributed by atoms with van der Waals surface area (Å²) in [5, 5.41) is 2.92. The lowest BCUT2D eigenvalue weighted by Crippen LogP contribution is -2.52. The molecular weight excluding hydrogens is 380 g/mol. The summed E-state index contributed by atoms with van der Waals surface area (Å²) in [7, 11) is 1.57. The normalized spacial score (nSPS) is 18.6. The van der Waals surface area contributed by atoms with Gasteiger partial charge in [-0.3, -0.25) is 4.79 Å². The van der Waals surface area contributed by atoms with Crippen molar-refractivity contribution in [1.29, 1.82) is 0 Å². The molecule has 2 amide bonds. The summed E-state index contributed by atoms with van der Waals surface area (Å²) in [5.74, 6) is 0.363. The Hall–Kier alpha value is -3.02. The number of urea groups is 1. The monoisotopic (exact) mass is 410 g/mol. The van der Waals surface area contributed by atoms with Crippen LogP contribution in [0.2, 0.25) is 0 Å². The molecule has 0 saturated carbocycles. The Morgan fingerprint density at radius 1 is 1.13 bits per heavy atom. The minimum absolute atomic E-state index is 0.233. The minimum atomic E-state index is -0.752. The minimum Gasteiger partial charge on any atom is -0.495 e. The molecule has 0 bridgehead atoms. The van der Waals surface area contributed by atoms with Gasteiger partial charge in [0.05, 0.1) is 24.8 Å². The Kier molecular flexibility index (Phi) is 6.98. The fraction of sp³-hybridized carbons (Fsp3) is 0.417. The first-order valence-corrected chi connectivity index (χ1v) is 10.4. The van der Waals surface area contributed by atoms with Crippen molar-refractivity contribution < 1.29 is 19.1 Å². The molecule has 3 rings (SSSR count). The van der Waals surface area contributed by atoms with E-state index in [4.69, 9.17) is 9.47 Å². The number of rotatable bonds is 6. The predicted molar refractivity (Wildman–Crippen MR) is 117 cm³/mol. The maximum Gasteiger partial charge on any atom is 0.321 e. The number of nitrogens with one attached hydrogen (secondary N) is 1. The van der Waals surface area contributed by atoms with E-state index in [0.717, 1.165) is 17.5 Å². The molecular formula is C24H30N2O4. The third kappa shape index (κ3) is 4.75. The van der Waals surface area contributed by atoms with Gasteiger partial charge in [-0.05, 0) is 56.4 Å². The van der Waals surface area contributed by atoms with E-state index < -0.39 is 5.41 Å². The van der Waals surface area contributed by atoms with Crippen LogP contribution in [0.25, 0.3) is 0 Å². The van der Waals surface area contributed by atoms with Crippen molar-refractivity contribution in [2.75, 3.05) is 32.1 Å². The second-order valence-electron chi connectivity index (χ2n) is 7.76. The molecule has 0 radical (unpaired) electrons. The van der Waals surface area contributed by atoms with E-state index in [-0.39, 0.29) is 12.0 Å². The number of ether oxygens (including phenoxy) is 2. The number of benzene rings is 2. The van der Waals surface area contributed by atoms with Gasteiger partial charge in [0.25, 0.3) is 0 Å². The number of anilines is 1. The number of esters is 1. The zero-order chi connectivity index (χ0) is 21.6. The summed E-state index contributed by atoms with van der Waals surface area (Å²) in [4.78, 5) is 27.8. The van der Waals surface area contributed by atoms with Crippen LogP contribution in [0.5, 0.6) is 5.75 Å². The summed E-state index contributed by atoms with van der Waals surface area (Å²) in [6.45, 7) is 5.09. The zero-order valence-corrected chi connectivity index (χ0v) is 17.9. The predicted octanol–water partition coefficient (Wildman–Crippen LogP) is 4.42. The molecule has 0 aliphatic carbocycles. The molecule has 0 unspecified atom stereocenters. The third-order valence-corrected chi connectivity index (χ3v) is 5.71. The van der Waals surface area contributed by atoms with E-state index >= 15 is 0 Å². The van der Waals surface area contributed by atoms with Gasteiger partial charge < -0.3 is 19.7 Å². The fourth-order valence-electron chi connectivity index (χ4n) is 4.09. The summed E-state index contributed by atoms with van der Waals surface area (Å²) in [6.07, 6.45) is 1.99. The molecule has 160 valence electrons. The van der Waals surface area contributed by atoms with Crippen molar-refractivity contribution in [3.05, 3.63) is 59.7 Å². The first kappa shape index (κ1) is 21.7. The lowest BCUT2D eigenvalue weighted by Gasteiger charge is -2.41. The molecule has 0 aromatic heterocycles. The topological polar surface area (TPSA) is 67.9 Å². The van der Waals surface area contributed by atoms with Crippen LogP contribution in [-0.2, 0) is 16.0 Å². The molecule has 6 nitrogen and oxygen atoms in total. The summed E-state index contributed by atoms with van der Waals surface area (Å²) in [6, 6.07) is 15.1. The van der Waals surface area contributed by atoms with Crippen LogP contribution in [0.15, 0.2) is 48.5 Å². The van der Waals surface area contributed by atoms with E-state index in [1.807, 2.05) is 50.2 Å². The Bertz CT molecular complexity index is 898. The SMILES string of the molecule is CCOC(=O)[C@]1(Cc2ccccc2C)CCCN(C(=O)Nc2ccccc2OC)C1. The van der Waals surface area contributed by atoms with E-state index in [1.165, 1.54) is 0 Å². The molecule has 1 aliphatic heterocycles.